The minimum absolute atomic E-state index is 0.134. The van der Waals surface area contributed by atoms with Crippen LogP contribution < -0.4 is 10.6 Å². The highest BCUT2D eigenvalue weighted by molar-refractivity contribution is 6.30. The molecule has 0 unspecified atom stereocenters. The maximum absolute atomic E-state index is 12.3. The molecule has 9 heteroatoms. The number of carboxylic acid groups (broad SMARTS) is 1. The Hall–Kier alpha value is -1.80. The van der Waals surface area contributed by atoms with Gasteiger partial charge in [0.1, 0.15) is 0 Å². The third-order valence-electron chi connectivity index (χ3n) is 3.96. The highest BCUT2D eigenvalue weighted by atomic mass is 35.5. The molecule has 1 fully saturated rings. The predicted octanol–water partition coefficient (Wildman–Crippen LogP) is 1.09. The molecule has 1 aromatic rings. The molecule has 2 rings (SSSR count). The molecular weight excluding hydrogens is 322 g/mol. The minimum atomic E-state index is -0.942. The lowest BCUT2D eigenvalue weighted by Crippen LogP contribution is -2.60. The van der Waals surface area contributed by atoms with Crippen molar-refractivity contribution >= 4 is 23.6 Å². The lowest BCUT2D eigenvalue weighted by Gasteiger charge is -2.37. The summed E-state index contributed by atoms with van der Waals surface area (Å²) in [4.78, 5) is 31.8. The second-order valence-corrected chi connectivity index (χ2v) is 5.83. The molecule has 0 bridgehead atoms. The monoisotopic (exact) mass is 343 g/mol. The van der Waals surface area contributed by atoms with Gasteiger partial charge in [-0.05, 0) is 19.4 Å². The van der Waals surface area contributed by atoms with Crippen molar-refractivity contribution in [3.63, 3.8) is 0 Å². The molecule has 8 nitrogen and oxygen atoms in total. The molecular formula is C14H22ClN5O3. The number of rotatable bonds is 5. The molecule has 1 aromatic heterocycles. The number of aromatic amines is 1. The van der Waals surface area contributed by atoms with Crippen LogP contribution in [0.4, 0.5) is 4.79 Å². The van der Waals surface area contributed by atoms with Crippen LogP contribution in [0.5, 0.6) is 0 Å². The average Bonchev–Trinajstić information content (AvgIpc) is 2.90. The van der Waals surface area contributed by atoms with Crippen molar-refractivity contribution in [3.8, 4) is 0 Å². The maximum atomic E-state index is 12.3. The number of likely N-dealkylation sites (N-methyl/N-ethyl adjacent to an activating group) is 1. The molecule has 0 radical (unpaired) electrons. The van der Waals surface area contributed by atoms with Crippen LogP contribution in [0.25, 0.3) is 0 Å². The van der Waals surface area contributed by atoms with Gasteiger partial charge in [-0.15, -0.1) is 0 Å². The first-order chi connectivity index (χ1) is 11.0. The predicted molar refractivity (Wildman–Crippen MR) is 85.9 cm³/mol. The van der Waals surface area contributed by atoms with Crippen molar-refractivity contribution in [1.29, 1.82) is 0 Å². The van der Waals surface area contributed by atoms with E-state index in [9.17, 15) is 9.59 Å². The normalized spacial score (nSPS) is 21.3. The van der Waals surface area contributed by atoms with Gasteiger partial charge >= 0.3 is 6.09 Å². The molecule has 23 heavy (non-hydrogen) atoms. The Morgan fingerprint density at radius 3 is 2.74 bits per heavy atom. The molecule has 1 aliphatic heterocycles. The van der Waals surface area contributed by atoms with Crippen molar-refractivity contribution in [2.75, 3.05) is 19.6 Å². The number of piperidine rings is 1. The van der Waals surface area contributed by atoms with Gasteiger partial charge < -0.3 is 25.6 Å². The number of amides is 2. The number of nitrogens with zero attached hydrogens (tertiary/aromatic N) is 2. The Kier molecular flexibility index (Phi) is 5.84. The number of likely N-dealkylation sites (tertiary alicyclic amines) is 1. The fourth-order valence-corrected chi connectivity index (χ4v) is 3.00. The molecule has 1 saturated heterocycles. The van der Waals surface area contributed by atoms with Crippen LogP contribution in [0.1, 0.15) is 36.6 Å². The van der Waals surface area contributed by atoms with Crippen molar-refractivity contribution in [1.82, 2.24) is 25.5 Å². The SMILES string of the molecule is CCN[C@H]1CN(C(=O)O)CC[C@H]1NC(=O)c1nc(Cl)c(CC)[nH]1. The van der Waals surface area contributed by atoms with Crippen molar-refractivity contribution in [3.05, 3.63) is 16.7 Å². The van der Waals surface area contributed by atoms with Crippen LogP contribution in [0.3, 0.4) is 0 Å². The van der Waals surface area contributed by atoms with Gasteiger partial charge in [0.2, 0.25) is 0 Å². The number of imidazole rings is 1. The highest BCUT2D eigenvalue weighted by Gasteiger charge is 2.32. The first kappa shape index (κ1) is 17.6. The van der Waals surface area contributed by atoms with E-state index in [1.165, 1.54) is 4.90 Å². The first-order valence-corrected chi connectivity index (χ1v) is 8.10. The van der Waals surface area contributed by atoms with E-state index < -0.39 is 6.09 Å². The number of carbonyl (C=O) groups is 2. The third kappa shape index (κ3) is 4.14. The van der Waals surface area contributed by atoms with E-state index >= 15 is 0 Å². The average molecular weight is 344 g/mol. The number of halogens is 1. The summed E-state index contributed by atoms with van der Waals surface area (Å²) in [6.45, 7) is 5.29. The van der Waals surface area contributed by atoms with E-state index in [0.717, 1.165) is 5.69 Å². The maximum Gasteiger partial charge on any atom is 0.407 e. The minimum Gasteiger partial charge on any atom is -0.465 e. The molecule has 0 spiro atoms. The van der Waals surface area contributed by atoms with Gasteiger partial charge in [0.15, 0.2) is 11.0 Å². The largest absolute Gasteiger partial charge is 0.465 e. The fraction of sp³-hybridized carbons (Fsp3) is 0.643. The van der Waals surface area contributed by atoms with Crippen molar-refractivity contribution < 1.29 is 14.7 Å². The summed E-state index contributed by atoms with van der Waals surface area (Å²) in [7, 11) is 0. The molecule has 2 heterocycles. The van der Waals surface area contributed by atoms with E-state index in [4.69, 9.17) is 16.7 Å². The molecule has 2 atom stereocenters. The number of hydrogen-bond donors (Lipinski definition) is 4. The molecule has 0 saturated carbocycles. The number of carbonyl (C=O) groups excluding carboxylic acids is 1. The summed E-state index contributed by atoms with van der Waals surface area (Å²) in [5, 5.41) is 15.6. The Bertz CT molecular complexity index is 577. The number of aryl methyl sites for hydroxylation is 1. The summed E-state index contributed by atoms with van der Waals surface area (Å²) in [6.07, 6.45) is 0.268. The van der Waals surface area contributed by atoms with Crippen LogP contribution in [0.15, 0.2) is 0 Å². The summed E-state index contributed by atoms with van der Waals surface area (Å²) in [5.74, 6) is -0.147. The number of H-pyrrole nitrogens is 1. The second-order valence-electron chi connectivity index (χ2n) is 5.47. The van der Waals surface area contributed by atoms with Crippen LogP contribution in [-0.4, -0.2) is 63.7 Å². The number of nitrogens with one attached hydrogen (secondary N) is 3. The molecule has 0 aromatic carbocycles. The summed E-state index contributed by atoms with van der Waals surface area (Å²) in [6, 6.07) is -0.295. The Morgan fingerprint density at radius 1 is 1.43 bits per heavy atom. The van der Waals surface area contributed by atoms with Crippen molar-refractivity contribution in [2.24, 2.45) is 0 Å². The summed E-state index contributed by atoms with van der Waals surface area (Å²) < 4.78 is 0. The van der Waals surface area contributed by atoms with E-state index in [0.29, 0.717) is 37.6 Å². The van der Waals surface area contributed by atoms with E-state index in [2.05, 4.69) is 20.6 Å². The Morgan fingerprint density at radius 2 is 2.17 bits per heavy atom. The first-order valence-electron chi connectivity index (χ1n) is 7.72. The Labute approximate surface area is 139 Å². The van der Waals surface area contributed by atoms with Crippen LogP contribution in [0, 0.1) is 0 Å². The van der Waals surface area contributed by atoms with E-state index in [1.54, 1.807) is 0 Å². The lowest BCUT2D eigenvalue weighted by atomic mass is 9.99. The van der Waals surface area contributed by atoms with Gasteiger partial charge in [-0.3, -0.25) is 4.79 Å². The zero-order valence-corrected chi connectivity index (χ0v) is 14.0. The van der Waals surface area contributed by atoms with Crippen molar-refractivity contribution in [2.45, 2.75) is 38.8 Å². The lowest BCUT2D eigenvalue weighted by molar-refractivity contribution is 0.0863. The van der Waals surface area contributed by atoms with Gasteiger partial charge in [-0.2, -0.15) is 0 Å². The van der Waals surface area contributed by atoms with Gasteiger partial charge in [-0.25, -0.2) is 9.78 Å². The standard InChI is InChI=1S/C14H22ClN5O3/c1-3-8-11(15)19-12(17-8)13(21)18-9-5-6-20(14(22)23)7-10(9)16-4-2/h9-10,16H,3-7H2,1-2H3,(H,17,19)(H,18,21)(H,22,23)/t9-,10+/m1/s1. The second kappa shape index (κ2) is 7.65. The van der Waals surface area contributed by atoms with Crippen LogP contribution in [0.2, 0.25) is 5.15 Å². The van der Waals surface area contributed by atoms with E-state index in [-0.39, 0.29) is 23.8 Å². The Balaban J connectivity index is 2.04. The molecule has 1 aliphatic rings. The molecule has 0 aliphatic carbocycles. The van der Waals surface area contributed by atoms with Crippen LogP contribution >= 0.6 is 11.6 Å². The van der Waals surface area contributed by atoms with Gasteiger partial charge in [0, 0.05) is 25.2 Å². The third-order valence-corrected chi connectivity index (χ3v) is 4.28. The molecule has 128 valence electrons. The zero-order chi connectivity index (χ0) is 17.0. The molecule has 4 N–H and O–H groups in total. The highest BCUT2D eigenvalue weighted by Crippen LogP contribution is 2.15. The van der Waals surface area contributed by atoms with Gasteiger partial charge in [0.05, 0.1) is 5.69 Å². The van der Waals surface area contributed by atoms with Gasteiger partial charge in [-0.1, -0.05) is 25.4 Å². The van der Waals surface area contributed by atoms with Crippen LogP contribution in [-0.2, 0) is 6.42 Å². The quantitative estimate of drug-likeness (QED) is 0.639. The zero-order valence-electron chi connectivity index (χ0n) is 13.2. The van der Waals surface area contributed by atoms with Gasteiger partial charge in [0.25, 0.3) is 5.91 Å². The summed E-state index contributed by atoms with van der Waals surface area (Å²) >= 11 is 5.96. The topological polar surface area (TPSA) is 110 Å². The summed E-state index contributed by atoms with van der Waals surface area (Å²) in [5.41, 5.74) is 0.723. The van der Waals surface area contributed by atoms with E-state index in [1.807, 2.05) is 13.8 Å². The smallest absolute Gasteiger partial charge is 0.407 e. The molecule has 2 amide bonds. The fourth-order valence-electron chi connectivity index (χ4n) is 2.73. The number of hydrogen-bond acceptors (Lipinski definition) is 4. The number of aromatic nitrogens is 2.